The molecule has 0 spiro atoms. The third-order valence-corrected chi connectivity index (χ3v) is 5.25. The van der Waals surface area contributed by atoms with Crippen molar-refractivity contribution in [2.24, 2.45) is 0 Å². The molecule has 0 saturated carbocycles. The number of hydrogen-bond donors (Lipinski definition) is 1. The maximum Gasteiger partial charge on any atom is 0.268 e. The Morgan fingerprint density at radius 3 is 2.26 bits per heavy atom. The van der Waals surface area contributed by atoms with Gasteiger partial charge in [-0.2, -0.15) is 0 Å². The highest BCUT2D eigenvalue weighted by Gasteiger charge is 2.22. The zero-order chi connectivity index (χ0) is 19.6. The fourth-order valence-electron chi connectivity index (χ4n) is 3.37. The number of carbonyl (C=O) groups excluding carboxylic acids is 1. The van der Waals surface area contributed by atoms with Gasteiger partial charge in [0.1, 0.15) is 11.5 Å². The second-order valence-corrected chi connectivity index (χ2v) is 7.00. The molecule has 1 heterocycles. The maximum atomic E-state index is 13.2. The van der Waals surface area contributed by atoms with E-state index >= 15 is 0 Å². The van der Waals surface area contributed by atoms with Crippen molar-refractivity contribution in [3.8, 4) is 0 Å². The molecule has 140 valence electrons. The second-order valence-electron chi connectivity index (χ2n) is 7.00. The van der Waals surface area contributed by atoms with E-state index < -0.39 is 0 Å². The minimum Gasteiger partial charge on any atom is -0.344 e. The topological polar surface area (TPSA) is 34.0 Å². The van der Waals surface area contributed by atoms with E-state index in [1.54, 1.807) is 12.1 Å². The first kappa shape index (κ1) is 18.9. The predicted octanol–water partition coefficient (Wildman–Crippen LogP) is 5.09. The third kappa shape index (κ3) is 3.95. The van der Waals surface area contributed by atoms with Crippen molar-refractivity contribution < 1.29 is 9.18 Å². The SMILES string of the molecule is Cc1c(C)c(C(=O)N[C@H](C)c2ccccc2)n(Cc2ccc(F)cc2)c1C. The normalized spacial score (nSPS) is 12.0. The van der Waals surface area contributed by atoms with Gasteiger partial charge in [-0.05, 0) is 62.1 Å². The van der Waals surface area contributed by atoms with Gasteiger partial charge in [-0.3, -0.25) is 4.79 Å². The average molecular weight is 364 g/mol. The Balaban J connectivity index is 1.91. The maximum absolute atomic E-state index is 13.2. The van der Waals surface area contributed by atoms with Gasteiger partial charge in [0.05, 0.1) is 6.04 Å². The Bertz CT molecular complexity index is 943. The van der Waals surface area contributed by atoms with E-state index in [1.165, 1.54) is 12.1 Å². The number of nitrogens with zero attached hydrogens (tertiary/aromatic N) is 1. The molecule has 0 bridgehead atoms. The van der Waals surface area contributed by atoms with Gasteiger partial charge in [-0.25, -0.2) is 4.39 Å². The van der Waals surface area contributed by atoms with Crippen molar-refractivity contribution in [3.63, 3.8) is 0 Å². The molecule has 0 aliphatic carbocycles. The summed E-state index contributed by atoms with van der Waals surface area (Å²) >= 11 is 0. The lowest BCUT2D eigenvalue weighted by molar-refractivity contribution is 0.0930. The fraction of sp³-hybridized carbons (Fsp3) is 0.261. The first-order valence-electron chi connectivity index (χ1n) is 9.15. The largest absolute Gasteiger partial charge is 0.344 e. The number of rotatable bonds is 5. The number of carbonyl (C=O) groups is 1. The van der Waals surface area contributed by atoms with E-state index in [-0.39, 0.29) is 17.8 Å². The van der Waals surface area contributed by atoms with Crippen LogP contribution in [-0.4, -0.2) is 10.5 Å². The van der Waals surface area contributed by atoms with Gasteiger partial charge >= 0.3 is 0 Å². The summed E-state index contributed by atoms with van der Waals surface area (Å²) in [5.74, 6) is -0.354. The van der Waals surface area contributed by atoms with Gasteiger partial charge < -0.3 is 9.88 Å². The van der Waals surface area contributed by atoms with Crippen LogP contribution in [0.4, 0.5) is 4.39 Å². The standard InChI is InChI=1S/C23H25FN2O/c1-15-16(2)22(23(27)25-17(3)20-8-6-5-7-9-20)26(18(15)4)14-19-10-12-21(24)13-11-19/h5-13,17H,14H2,1-4H3,(H,25,27)/t17-/m1/s1. The van der Waals surface area contributed by atoms with Gasteiger partial charge in [0.25, 0.3) is 5.91 Å². The fourth-order valence-corrected chi connectivity index (χ4v) is 3.37. The van der Waals surface area contributed by atoms with Crippen LogP contribution in [0.1, 0.15) is 51.4 Å². The molecule has 1 atom stereocenters. The summed E-state index contributed by atoms with van der Waals surface area (Å²) in [5, 5.41) is 3.11. The van der Waals surface area contributed by atoms with Gasteiger partial charge in [0, 0.05) is 12.2 Å². The van der Waals surface area contributed by atoms with E-state index in [1.807, 2.05) is 62.6 Å². The quantitative estimate of drug-likeness (QED) is 0.672. The van der Waals surface area contributed by atoms with Crippen LogP contribution < -0.4 is 5.32 Å². The Morgan fingerprint density at radius 2 is 1.63 bits per heavy atom. The van der Waals surface area contributed by atoms with Crippen LogP contribution in [0.5, 0.6) is 0 Å². The van der Waals surface area contributed by atoms with E-state index in [9.17, 15) is 9.18 Å². The number of halogens is 1. The smallest absolute Gasteiger partial charge is 0.268 e. The second kappa shape index (κ2) is 7.78. The predicted molar refractivity (Wildman–Crippen MR) is 106 cm³/mol. The number of hydrogen-bond acceptors (Lipinski definition) is 1. The minimum atomic E-state index is -0.259. The molecule has 3 aromatic rings. The molecule has 0 fully saturated rings. The van der Waals surface area contributed by atoms with E-state index in [2.05, 4.69) is 5.32 Å². The summed E-state index contributed by atoms with van der Waals surface area (Å²) in [7, 11) is 0. The van der Waals surface area contributed by atoms with Crippen LogP contribution in [-0.2, 0) is 6.54 Å². The number of amides is 1. The summed E-state index contributed by atoms with van der Waals surface area (Å²) in [6.07, 6.45) is 0. The zero-order valence-electron chi connectivity index (χ0n) is 16.2. The summed E-state index contributed by atoms with van der Waals surface area (Å²) in [4.78, 5) is 13.1. The van der Waals surface area contributed by atoms with Crippen molar-refractivity contribution in [1.29, 1.82) is 0 Å². The average Bonchev–Trinajstić information content (AvgIpc) is 2.88. The molecule has 4 heteroatoms. The van der Waals surface area contributed by atoms with Crippen LogP contribution in [0.2, 0.25) is 0 Å². The van der Waals surface area contributed by atoms with Gasteiger partial charge in [-0.15, -0.1) is 0 Å². The number of benzene rings is 2. The third-order valence-electron chi connectivity index (χ3n) is 5.25. The number of aromatic nitrogens is 1. The molecular formula is C23H25FN2O. The molecule has 1 aromatic heterocycles. The van der Waals surface area contributed by atoms with Gasteiger partial charge in [-0.1, -0.05) is 42.5 Å². The van der Waals surface area contributed by atoms with Crippen LogP contribution in [0.15, 0.2) is 54.6 Å². The summed E-state index contributed by atoms with van der Waals surface area (Å²) in [6.45, 7) is 8.54. The molecule has 1 N–H and O–H groups in total. The van der Waals surface area contributed by atoms with E-state index in [0.29, 0.717) is 12.2 Å². The molecule has 27 heavy (non-hydrogen) atoms. The van der Waals surface area contributed by atoms with Crippen molar-refractivity contribution in [3.05, 3.63) is 94.1 Å². The highest BCUT2D eigenvalue weighted by Crippen LogP contribution is 2.24. The lowest BCUT2D eigenvalue weighted by Gasteiger charge is -2.17. The van der Waals surface area contributed by atoms with Gasteiger partial charge in [0.15, 0.2) is 0 Å². The molecular weight excluding hydrogens is 339 g/mol. The molecule has 3 rings (SSSR count). The van der Waals surface area contributed by atoms with Crippen LogP contribution >= 0.6 is 0 Å². The first-order valence-corrected chi connectivity index (χ1v) is 9.15. The molecule has 0 unspecified atom stereocenters. The van der Waals surface area contributed by atoms with Crippen molar-refractivity contribution >= 4 is 5.91 Å². The van der Waals surface area contributed by atoms with E-state index in [4.69, 9.17) is 0 Å². The van der Waals surface area contributed by atoms with Crippen LogP contribution in [0.3, 0.4) is 0 Å². The molecule has 0 aliphatic heterocycles. The molecule has 0 aliphatic rings. The number of nitrogens with one attached hydrogen (secondary N) is 1. The molecule has 1 amide bonds. The highest BCUT2D eigenvalue weighted by atomic mass is 19.1. The minimum absolute atomic E-state index is 0.0899. The summed E-state index contributed by atoms with van der Waals surface area (Å²) < 4.78 is 15.2. The van der Waals surface area contributed by atoms with Crippen molar-refractivity contribution in [2.45, 2.75) is 40.3 Å². The van der Waals surface area contributed by atoms with Crippen molar-refractivity contribution in [1.82, 2.24) is 9.88 Å². The Morgan fingerprint density at radius 1 is 1.00 bits per heavy atom. The molecule has 3 nitrogen and oxygen atoms in total. The summed E-state index contributed by atoms with van der Waals surface area (Å²) in [5.41, 5.74) is 5.82. The van der Waals surface area contributed by atoms with Crippen LogP contribution in [0.25, 0.3) is 0 Å². The van der Waals surface area contributed by atoms with Gasteiger partial charge in [0.2, 0.25) is 0 Å². The van der Waals surface area contributed by atoms with E-state index in [0.717, 1.165) is 27.9 Å². The van der Waals surface area contributed by atoms with Crippen LogP contribution in [0, 0.1) is 26.6 Å². The van der Waals surface area contributed by atoms with Crippen molar-refractivity contribution in [2.75, 3.05) is 0 Å². The highest BCUT2D eigenvalue weighted by molar-refractivity contribution is 5.95. The Labute approximate surface area is 159 Å². The molecule has 0 saturated heterocycles. The molecule has 0 radical (unpaired) electrons. The Hall–Kier alpha value is -2.88. The molecule has 2 aromatic carbocycles. The summed E-state index contributed by atoms with van der Waals surface area (Å²) in [6, 6.07) is 16.2. The lowest BCUT2D eigenvalue weighted by Crippen LogP contribution is -2.29. The Kier molecular flexibility index (Phi) is 5.45. The first-order chi connectivity index (χ1) is 12.9. The lowest BCUT2D eigenvalue weighted by atomic mass is 10.1. The monoisotopic (exact) mass is 364 g/mol. The zero-order valence-corrected chi connectivity index (χ0v) is 16.2.